The number of nitro benzene ring substituents is 1. The fourth-order valence-electron chi connectivity index (χ4n) is 1.99. The van der Waals surface area contributed by atoms with Crippen LogP contribution in [0, 0.1) is 15.5 Å². The van der Waals surface area contributed by atoms with Crippen LogP contribution in [0.1, 0.15) is 20.3 Å². The highest BCUT2D eigenvalue weighted by molar-refractivity contribution is 6.32. The zero-order chi connectivity index (χ0) is 13.5. The maximum absolute atomic E-state index is 10.6. The molecule has 98 valence electrons. The van der Waals surface area contributed by atoms with E-state index in [1.165, 1.54) is 12.1 Å². The number of nitro groups is 1. The van der Waals surface area contributed by atoms with Gasteiger partial charge in [-0.05, 0) is 6.07 Å². The van der Waals surface area contributed by atoms with Crippen molar-refractivity contribution >= 4 is 17.3 Å². The van der Waals surface area contributed by atoms with Gasteiger partial charge in [0, 0.05) is 30.0 Å². The van der Waals surface area contributed by atoms with Gasteiger partial charge >= 0.3 is 0 Å². The van der Waals surface area contributed by atoms with Crippen LogP contribution in [0.15, 0.2) is 18.2 Å². The number of halogens is 1. The molecule has 0 heterocycles. The van der Waals surface area contributed by atoms with Crippen LogP contribution in [0.3, 0.4) is 0 Å². The third-order valence-electron chi connectivity index (χ3n) is 3.65. The van der Waals surface area contributed by atoms with E-state index in [1.54, 1.807) is 6.07 Å². The Kier molecular flexibility index (Phi) is 3.21. The third kappa shape index (κ3) is 2.15. The van der Waals surface area contributed by atoms with E-state index in [-0.39, 0.29) is 28.3 Å². The van der Waals surface area contributed by atoms with E-state index in [0.29, 0.717) is 5.75 Å². The summed E-state index contributed by atoms with van der Waals surface area (Å²) < 4.78 is 5.76. The lowest BCUT2D eigenvalue weighted by Crippen LogP contribution is -2.60. The zero-order valence-electron chi connectivity index (χ0n) is 10.2. The number of nitrogens with two attached hydrogens (primary N) is 1. The first-order chi connectivity index (χ1) is 8.32. The number of rotatable bonds is 3. The summed E-state index contributed by atoms with van der Waals surface area (Å²) in [5, 5.41) is 10.7. The second-order valence-electron chi connectivity index (χ2n) is 5.14. The van der Waals surface area contributed by atoms with Gasteiger partial charge in [-0.3, -0.25) is 10.1 Å². The molecule has 0 amide bonds. The zero-order valence-corrected chi connectivity index (χ0v) is 11.0. The quantitative estimate of drug-likeness (QED) is 0.677. The molecule has 0 radical (unpaired) electrons. The topological polar surface area (TPSA) is 78.4 Å². The lowest BCUT2D eigenvalue weighted by atomic mass is 9.65. The predicted molar refractivity (Wildman–Crippen MR) is 68.9 cm³/mol. The summed E-state index contributed by atoms with van der Waals surface area (Å²) >= 11 is 5.82. The number of benzene rings is 1. The molecule has 1 aromatic carbocycles. The van der Waals surface area contributed by atoms with Crippen molar-refractivity contribution in [3.05, 3.63) is 33.3 Å². The maximum Gasteiger partial charge on any atom is 0.288 e. The van der Waals surface area contributed by atoms with Gasteiger partial charge in [-0.1, -0.05) is 25.4 Å². The smallest absolute Gasteiger partial charge is 0.288 e. The Bertz CT molecular complexity index is 490. The number of hydrogen-bond donors (Lipinski definition) is 1. The van der Waals surface area contributed by atoms with E-state index < -0.39 is 4.92 Å². The van der Waals surface area contributed by atoms with Crippen LogP contribution in [0.4, 0.5) is 5.69 Å². The number of hydrogen-bond acceptors (Lipinski definition) is 4. The number of ether oxygens (including phenoxy) is 1. The fourth-order valence-corrected chi connectivity index (χ4v) is 2.23. The Morgan fingerprint density at radius 1 is 1.56 bits per heavy atom. The van der Waals surface area contributed by atoms with Gasteiger partial charge in [-0.2, -0.15) is 0 Å². The summed E-state index contributed by atoms with van der Waals surface area (Å²) in [6.07, 6.45) is 0.798. The van der Waals surface area contributed by atoms with Gasteiger partial charge in [-0.15, -0.1) is 0 Å². The summed E-state index contributed by atoms with van der Waals surface area (Å²) in [5.41, 5.74) is 5.69. The largest absolute Gasteiger partial charge is 0.490 e. The lowest BCUT2D eigenvalue weighted by molar-refractivity contribution is -0.384. The minimum Gasteiger partial charge on any atom is -0.490 e. The molecule has 0 aliphatic heterocycles. The highest BCUT2D eigenvalue weighted by atomic mass is 35.5. The van der Waals surface area contributed by atoms with E-state index in [2.05, 4.69) is 0 Å². The summed E-state index contributed by atoms with van der Waals surface area (Å²) in [5.74, 6) is 0.538. The molecule has 0 spiro atoms. The molecule has 1 fully saturated rings. The lowest BCUT2D eigenvalue weighted by Gasteiger charge is -2.49. The van der Waals surface area contributed by atoms with Gasteiger partial charge in [0.2, 0.25) is 0 Å². The van der Waals surface area contributed by atoms with Crippen molar-refractivity contribution in [3.8, 4) is 5.75 Å². The van der Waals surface area contributed by atoms with E-state index >= 15 is 0 Å². The SMILES string of the molecule is CC1(C)C(N)CC1Oc1ccc([N+](=O)[O-])c(Cl)c1. The second-order valence-corrected chi connectivity index (χ2v) is 5.55. The molecule has 1 aliphatic carbocycles. The molecule has 6 heteroatoms. The summed E-state index contributed by atoms with van der Waals surface area (Å²) in [4.78, 5) is 10.1. The van der Waals surface area contributed by atoms with Gasteiger partial charge < -0.3 is 10.5 Å². The molecule has 2 unspecified atom stereocenters. The fraction of sp³-hybridized carbons (Fsp3) is 0.500. The van der Waals surface area contributed by atoms with E-state index in [4.69, 9.17) is 22.1 Å². The molecule has 0 bridgehead atoms. The van der Waals surface area contributed by atoms with Crippen LogP contribution in [0.2, 0.25) is 5.02 Å². The molecular weight excluding hydrogens is 256 g/mol. The predicted octanol–water partition coefficient (Wildman–Crippen LogP) is 2.75. The molecule has 1 aliphatic rings. The molecule has 5 nitrogen and oxygen atoms in total. The van der Waals surface area contributed by atoms with Gasteiger partial charge in [0.05, 0.1) is 4.92 Å². The summed E-state index contributed by atoms with van der Waals surface area (Å²) in [7, 11) is 0. The van der Waals surface area contributed by atoms with Crippen molar-refractivity contribution in [1.82, 2.24) is 0 Å². The van der Waals surface area contributed by atoms with Gasteiger partial charge in [0.15, 0.2) is 0 Å². The van der Waals surface area contributed by atoms with E-state index in [1.807, 2.05) is 13.8 Å². The Morgan fingerprint density at radius 2 is 2.22 bits per heavy atom. The Hall–Kier alpha value is -1.33. The van der Waals surface area contributed by atoms with Crippen molar-refractivity contribution in [3.63, 3.8) is 0 Å². The van der Waals surface area contributed by atoms with Crippen LogP contribution in [-0.2, 0) is 0 Å². The minimum absolute atomic E-state index is 0.0185. The minimum atomic E-state index is -0.519. The molecule has 18 heavy (non-hydrogen) atoms. The van der Waals surface area contributed by atoms with Gasteiger partial charge in [-0.25, -0.2) is 0 Å². The van der Waals surface area contributed by atoms with E-state index in [9.17, 15) is 10.1 Å². The Labute approximate surface area is 110 Å². The first kappa shape index (κ1) is 13.1. The normalized spacial score (nSPS) is 25.3. The summed E-state index contributed by atoms with van der Waals surface area (Å²) in [6.45, 7) is 4.08. The van der Waals surface area contributed by atoms with Crippen LogP contribution in [0.25, 0.3) is 0 Å². The highest BCUT2D eigenvalue weighted by Crippen LogP contribution is 2.42. The van der Waals surface area contributed by atoms with Crippen molar-refractivity contribution in [1.29, 1.82) is 0 Å². The summed E-state index contributed by atoms with van der Waals surface area (Å²) in [6, 6.07) is 4.50. The van der Waals surface area contributed by atoms with Crippen LogP contribution < -0.4 is 10.5 Å². The Morgan fingerprint density at radius 3 is 2.67 bits per heavy atom. The van der Waals surface area contributed by atoms with Crippen molar-refractivity contribution in [2.24, 2.45) is 11.1 Å². The maximum atomic E-state index is 10.6. The molecule has 2 N–H and O–H groups in total. The molecule has 0 aromatic heterocycles. The van der Waals surface area contributed by atoms with Crippen molar-refractivity contribution < 1.29 is 9.66 Å². The van der Waals surface area contributed by atoms with Crippen molar-refractivity contribution in [2.75, 3.05) is 0 Å². The highest BCUT2D eigenvalue weighted by Gasteiger charge is 2.47. The Balaban J connectivity index is 2.12. The molecule has 1 saturated carbocycles. The average Bonchev–Trinajstić information content (AvgIpc) is 2.28. The molecule has 2 atom stereocenters. The molecular formula is C12H15ClN2O3. The monoisotopic (exact) mass is 270 g/mol. The molecule has 1 aromatic rings. The first-order valence-corrected chi connectivity index (χ1v) is 6.06. The average molecular weight is 271 g/mol. The van der Waals surface area contributed by atoms with Gasteiger partial charge in [0.1, 0.15) is 16.9 Å². The van der Waals surface area contributed by atoms with Crippen LogP contribution in [-0.4, -0.2) is 17.1 Å². The van der Waals surface area contributed by atoms with Crippen molar-refractivity contribution in [2.45, 2.75) is 32.4 Å². The van der Waals surface area contributed by atoms with Crippen LogP contribution in [0.5, 0.6) is 5.75 Å². The van der Waals surface area contributed by atoms with E-state index in [0.717, 1.165) is 6.42 Å². The number of nitrogens with zero attached hydrogens (tertiary/aromatic N) is 1. The second kappa shape index (κ2) is 4.40. The van der Waals surface area contributed by atoms with Crippen LogP contribution >= 0.6 is 11.6 Å². The molecule has 0 saturated heterocycles. The first-order valence-electron chi connectivity index (χ1n) is 5.68. The third-order valence-corrected chi connectivity index (χ3v) is 3.95. The van der Waals surface area contributed by atoms with Gasteiger partial charge in [0.25, 0.3) is 5.69 Å². The standard InChI is InChI=1S/C12H15ClN2O3/c1-12(2)10(14)6-11(12)18-7-3-4-9(15(16)17)8(13)5-7/h3-5,10-11H,6,14H2,1-2H3. The molecule has 2 rings (SSSR count).